The highest BCUT2D eigenvalue weighted by molar-refractivity contribution is 5.99. The monoisotopic (exact) mass is 433 g/mol. The summed E-state index contributed by atoms with van der Waals surface area (Å²) in [5.74, 6) is 7.11. The van der Waals surface area contributed by atoms with Gasteiger partial charge in [-0.05, 0) is 30.5 Å². The lowest BCUT2D eigenvalue weighted by Gasteiger charge is -2.27. The molecule has 168 valence electrons. The van der Waals surface area contributed by atoms with Crippen LogP contribution in [0, 0.1) is 11.8 Å². The maximum atomic E-state index is 12.9. The van der Waals surface area contributed by atoms with E-state index in [9.17, 15) is 4.79 Å². The maximum Gasteiger partial charge on any atom is 0.260 e. The number of amides is 1. The van der Waals surface area contributed by atoms with E-state index in [2.05, 4.69) is 24.0 Å². The van der Waals surface area contributed by atoms with Gasteiger partial charge in [0.15, 0.2) is 6.10 Å². The van der Waals surface area contributed by atoms with E-state index in [1.54, 1.807) is 12.0 Å². The lowest BCUT2D eigenvalue weighted by molar-refractivity contribution is -0.129. The van der Waals surface area contributed by atoms with Gasteiger partial charge in [-0.2, -0.15) is 0 Å². The van der Waals surface area contributed by atoms with Gasteiger partial charge in [-0.15, -0.1) is 0 Å². The largest absolute Gasteiger partial charge is 0.376 e. The summed E-state index contributed by atoms with van der Waals surface area (Å²) in [5.41, 5.74) is 8.94. The van der Waals surface area contributed by atoms with Gasteiger partial charge in [0.05, 0.1) is 17.8 Å². The summed E-state index contributed by atoms with van der Waals surface area (Å²) in [6, 6.07) is 14.0. The summed E-state index contributed by atoms with van der Waals surface area (Å²) >= 11 is 0. The Morgan fingerprint density at radius 3 is 2.50 bits per heavy atom. The quantitative estimate of drug-likeness (QED) is 0.734. The molecule has 1 aliphatic carbocycles. The van der Waals surface area contributed by atoms with E-state index in [4.69, 9.17) is 20.2 Å². The molecule has 1 aromatic carbocycles. The summed E-state index contributed by atoms with van der Waals surface area (Å²) in [7, 11) is 3.12. The van der Waals surface area contributed by atoms with Crippen molar-refractivity contribution in [3.8, 4) is 11.8 Å². The van der Waals surface area contributed by atoms with Crippen LogP contribution in [-0.2, 0) is 20.7 Å². The number of aromatic nitrogens is 1. The number of nitrogens with zero attached hydrogens (tertiary/aromatic N) is 2. The fourth-order valence-electron chi connectivity index (χ4n) is 4.51. The molecular weight excluding hydrogens is 402 g/mol. The van der Waals surface area contributed by atoms with Crippen LogP contribution in [0.15, 0.2) is 42.5 Å². The standard InChI is InChI=1S/C26H31N3O3/c1-31-22-18-29(25(30)24(22)32-2)23-12-11-20(13-16-26(27)14-7-4-8-15-26)21(28-23)17-19-9-5-3-6-10-19/h3,5-6,9-12,22,24H,4,7-8,14-15,17-18,27H2,1-2H3/t22-,24-/m1/s1. The van der Waals surface area contributed by atoms with Gasteiger partial charge in [0.25, 0.3) is 5.91 Å². The van der Waals surface area contributed by atoms with Crippen molar-refractivity contribution in [2.45, 2.75) is 56.3 Å². The molecule has 0 spiro atoms. The first-order valence-electron chi connectivity index (χ1n) is 11.3. The minimum atomic E-state index is -0.623. The minimum Gasteiger partial charge on any atom is -0.376 e. The Kier molecular flexibility index (Phi) is 6.90. The molecule has 2 aromatic rings. The van der Waals surface area contributed by atoms with Crippen molar-refractivity contribution in [3.63, 3.8) is 0 Å². The highest BCUT2D eigenvalue weighted by Crippen LogP contribution is 2.27. The van der Waals surface area contributed by atoms with E-state index in [1.807, 2.05) is 30.3 Å². The number of ether oxygens (including phenoxy) is 2. The number of hydrogen-bond acceptors (Lipinski definition) is 5. The van der Waals surface area contributed by atoms with Gasteiger partial charge in [0.2, 0.25) is 0 Å². The zero-order valence-corrected chi connectivity index (χ0v) is 18.8. The van der Waals surface area contributed by atoms with Crippen molar-refractivity contribution < 1.29 is 14.3 Å². The topological polar surface area (TPSA) is 77.7 Å². The molecule has 2 N–H and O–H groups in total. The molecule has 0 unspecified atom stereocenters. The van der Waals surface area contributed by atoms with Gasteiger partial charge in [-0.25, -0.2) is 4.98 Å². The number of pyridine rings is 1. The maximum absolute atomic E-state index is 12.9. The van der Waals surface area contributed by atoms with Crippen LogP contribution in [0.2, 0.25) is 0 Å². The lowest BCUT2D eigenvalue weighted by atomic mass is 9.83. The van der Waals surface area contributed by atoms with Crippen molar-refractivity contribution in [1.82, 2.24) is 4.98 Å². The van der Waals surface area contributed by atoms with E-state index in [1.165, 1.54) is 13.5 Å². The van der Waals surface area contributed by atoms with E-state index in [0.29, 0.717) is 18.8 Å². The first-order chi connectivity index (χ1) is 15.5. The Morgan fingerprint density at radius 2 is 1.84 bits per heavy atom. The van der Waals surface area contributed by atoms with Gasteiger partial charge in [-0.3, -0.25) is 9.69 Å². The zero-order chi connectivity index (χ0) is 22.6. The van der Waals surface area contributed by atoms with Crippen LogP contribution in [0.3, 0.4) is 0 Å². The van der Waals surface area contributed by atoms with Crippen molar-refractivity contribution in [3.05, 3.63) is 59.3 Å². The zero-order valence-electron chi connectivity index (χ0n) is 18.8. The average molecular weight is 434 g/mol. The molecular formula is C26H31N3O3. The number of anilines is 1. The van der Waals surface area contributed by atoms with Crippen LogP contribution >= 0.6 is 0 Å². The predicted molar refractivity (Wildman–Crippen MR) is 124 cm³/mol. The van der Waals surface area contributed by atoms with E-state index in [0.717, 1.165) is 42.5 Å². The third-order valence-corrected chi connectivity index (χ3v) is 6.41. The number of carbonyl (C=O) groups is 1. The summed E-state index contributed by atoms with van der Waals surface area (Å²) in [6.07, 6.45) is 5.01. The summed E-state index contributed by atoms with van der Waals surface area (Å²) in [4.78, 5) is 19.4. The summed E-state index contributed by atoms with van der Waals surface area (Å²) in [5, 5.41) is 0. The lowest BCUT2D eigenvalue weighted by Crippen LogP contribution is -2.40. The predicted octanol–water partition coefficient (Wildman–Crippen LogP) is 3.06. The molecule has 2 aliphatic rings. The molecule has 0 bridgehead atoms. The summed E-state index contributed by atoms with van der Waals surface area (Å²) in [6.45, 7) is 0.405. The van der Waals surface area contributed by atoms with Crippen molar-refractivity contribution >= 4 is 11.7 Å². The Hall–Kier alpha value is -2.72. The normalized spacial score (nSPS) is 22.5. The molecule has 1 amide bonds. The van der Waals surface area contributed by atoms with Crippen molar-refractivity contribution in [1.29, 1.82) is 0 Å². The molecule has 1 aromatic heterocycles. The highest BCUT2D eigenvalue weighted by Gasteiger charge is 2.42. The highest BCUT2D eigenvalue weighted by atomic mass is 16.5. The van der Waals surface area contributed by atoms with Crippen LogP contribution in [0.5, 0.6) is 0 Å². The van der Waals surface area contributed by atoms with Crippen LogP contribution < -0.4 is 10.6 Å². The van der Waals surface area contributed by atoms with Crippen LogP contribution in [0.1, 0.15) is 48.9 Å². The second kappa shape index (κ2) is 9.83. The first kappa shape index (κ1) is 22.5. The fourth-order valence-corrected chi connectivity index (χ4v) is 4.51. The van der Waals surface area contributed by atoms with Gasteiger partial charge < -0.3 is 15.2 Å². The SMILES string of the molecule is CO[C@@H]1CN(c2ccc(C#CC3(N)CCCCC3)c(Cc3ccccc3)n2)C(=O)[C@@H]1OC. The second-order valence-electron chi connectivity index (χ2n) is 8.67. The molecule has 2 heterocycles. The number of benzene rings is 1. The molecule has 0 radical (unpaired) electrons. The van der Waals surface area contributed by atoms with Gasteiger partial charge >= 0.3 is 0 Å². The molecule has 2 fully saturated rings. The fraction of sp³-hybridized carbons (Fsp3) is 0.462. The van der Waals surface area contributed by atoms with Crippen molar-refractivity contribution in [2.24, 2.45) is 5.73 Å². The van der Waals surface area contributed by atoms with Crippen LogP contribution in [0.4, 0.5) is 5.82 Å². The van der Waals surface area contributed by atoms with Crippen LogP contribution in [0.25, 0.3) is 0 Å². The number of methoxy groups -OCH3 is 2. The Bertz CT molecular complexity index is 1010. The Morgan fingerprint density at radius 1 is 1.09 bits per heavy atom. The molecule has 1 saturated heterocycles. The smallest absolute Gasteiger partial charge is 0.260 e. The summed E-state index contributed by atoms with van der Waals surface area (Å²) < 4.78 is 10.8. The van der Waals surface area contributed by atoms with Crippen LogP contribution in [-0.4, -0.2) is 49.4 Å². The molecule has 1 aliphatic heterocycles. The number of nitrogens with two attached hydrogens (primary N) is 1. The molecule has 4 rings (SSSR count). The van der Waals surface area contributed by atoms with E-state index >= 15 is 0 Å². The number of hydrogen-bond donors (Lipinski definition) is 1. The molecule has 1 saturated carbocycles. The van der Waals surface area contributed by atoms with E-state index < -0.39 is 11.6 Å². The second-order valence-corrected chi connectivity index (χ2v) is 8.67. The average Bonchev–Trinajstić information content (AvgIpc) is 3.14. The van der Waals surface area contributed by atoms with Gasteiger partial charge in [0.1, 0.15) is 11.9 Å². The molecule has 32 heavy (non-hydrogen) atoms. The third kappa shape index (κ3) is 4.86. The van der Waals surface area contributed by atoms with E-state index in [-0.39, 0.29) is 12.0 Å². The third-order valence-electron chi connectivity index (χ3n) is 6.41. The Labute approximate surface area is 190 Å². The molecule has 6 nitrogen and oxygen atoms in total. The van der Waals surface area contributed by atoms with Crippen molar-refractivity contribution in [2.75, 3.05) is 25.7 Å². The van der Waals surface area contributed by atoms with Gasteiger partial charge in [-0.1, -0.05) is 61.4 Å². The minimum absolute atomic E-state index is 0.139. The number of rotatable bonds is 5. The molecule has 6 heteroatoms. The first-order valence-corrected chi connectivity index (χ1v) is 11.3. The van der Waals surface area contributed by atoms with Gasteiger partial charge in [0, 0.05) is 26.2 Å². The number of carbonyl (C=O) groups excluding carboxylic acids is 1. The Balaban J connectivity index is 1.67. The molecule has 2 atom stereocenters.